The number of hydrogen-bond donors (Lipinski definition) is 0. The summed E-state index contributed by atoms with van der Waals surface area (Å²) in [5.41, 5.74) is 3.07. The highest BCUT2D eigenvalue weighted by atomic mass is 32.2. The van der Waals surface area contributed by atoms with E-state index in [0.29, 0.717) is 36.7 Å². The monoisotopic (exact) mass is 398 g/mol. The number of sulfonamides is 1. The maximum atomic E-state index is 13.1. The van der Waals surface area contributed by atoms with Crippen LogP contribution >= 0.6 is 0 Å². The van der Waals surface area contributed by atoms with Gasteiger partial charge in [0.1, 0.15) is 0 Å². The highest BCUT2D eigenvalue weighted by Crippen LogP contribution is 2.31. The second-order valence-electron chi connectivity index (χ2n) is 7.78. The smallest absolute Gasteiger partial charge is 0.243 e. The summed E-state index contributed by atoms with van der Waals surface area (Å²) >= 11 is 0. The fraction of sp³-hybridized carbons (Fsp3) is 0.409. The first-order valence-corrected chi connectivity index (χ1v) is 11.3. The van der Waals surface area contributed by atoms with Crippen molar-refractivity contribution in [2.45, 2.75) is 37.0 Å². The van der Waals surface area contributed by atoms with E-state index in [-0.39, 0.29) is 5.91 Å². The van der Waals surface area contributed by atoms with Crippen LogP contribution in [0.15, 0.2) is 53.4 Å². The van der Waals surface area contributed by atoms with Crippen LogP contribution < -0.4 is 4.90 Å². The number of piperidine rings is 1. The third kappa shape index (κ3) is 3.71. The topological polar surface area (TPSA) is 57.7 Å². The van der Waals surface area contributed by atoms with Crippen LogP contribution in [-0.4, -0.2) is 38.8 Å². The number of carbonyl (C=O) groups excluding carboxylic acids is 1. The number of aryl methyl sites for hydroxylation is 1. The first-order chi connectivity index (χ1) is 13.4. The van der Waals surface area contributed by atoms with Gasteiger partial charge in [-0.25, -0.2) is 8.42 Å². The Morgan fingerprint density at radius 1 is 1.00 bits per heavy atom. The maximum Gasteiger partial charge on any atom is 0.243 e. The number of fused-ring (bicyclic) bond motifs is 1. The van der Waals surface area contributed by atoms with E-state index < -0.39 is 10.0 Å². The molecule has 4 rings (SSSR count). The number of hydrogen-bond acceptors (Lipinski definition) is 3. The van der Waals surface area contributed by atoms with Gasteiger partial charge < -0.3 is 4.90 Å². The molecule has 0 N–H and O–H groups in total. The highest BCUT2D eigenvalue weighted by Gasteiger charge is 2.31. The van der Waals surface area contributed by atoms with Gasteiger partial charge in [-0.15, -0.1) is 0 Å². The molecule has 0 spiro atoms. The largest absolute Gasteiger partial charge is 0.315 e. The van der Waals surface area contributed by atoms with Gasteiger partial charge in [-0.2, -0.15) is 4.31 Å². The van der Waals surface area contributed by atoms with Crippen molar-refractivity contribution in [3.8, 4) is 0 Å². The van der Waals surface area contributed by atoms with E-state index in [2.05, 4.69) is 24.3 Å². The molecule has 5 nitrogen and oxygen atoms in total. The molecule has 148 valence electrons. The van der Waals surface area contributed by atoms with Gasteiger partial charge in [0.2, 0.25) is 15.9 Å². The van der Waals surface area contributed by atoms with Gasteiger partial charge in [-0.05, 0) is 60.9 Å². The van der Waals surface area contributed by atoms with Gasteiger partial charge in [0, 0.05) is 32.2 Å². The van der Waals surface area contributed by atoms with Crippen LogP contribution in [0.5, 0.6) is 0 Å². The number of amides is 1. The lowest BCUT2D eigenvalue weighted by atomic mass is 9.91. The van der Waals surface area contributed by atoms with E-state index in [9.17, 15) is 13.2 Å². The van der Waals surface area contributed by atoms with Crippen molar-refractivity contribution in [2.24, 2.45) is 5.92 Å². The second kappa shape index (κ2) is 7.68. The summed E-state index contributed by atoms with van der Waals surface area (Å²) in [6, 6.07) is 15.6. The van der Waals surface area contributed by atoms with Crippen molar-refractivity contribution in [2.75, 3.05) is 25.0 Å². The molecule has 28 heavy (non-hydrogen) atoms. The van der Waals surface area contributed by atoms with Crippen LogP contribution in [-0.2, 0) is 27.7 Å². The van der Waals surface area contributed by atoms with Crippen LogP contribution in [0.4, 0.5) is 5.69 Å². The van der Waals surface area contributed by atoms with E-state index >= 15 is 0 Å². The summed E-state index contributed by atoms with van der Waals surface area (Å²) in [5.74, 6) is 0.598. The minimum Gasteiger partial charge on any atom is -0.315 e. The van der Waals surface area contributed by atoms with Gasteiger partial charge in [-0.1, -0.05) is 30.3 Å². The summed E-state index contributed by atoms with van der Waals surface area (Å²) in [5, 5.41) is 0. The lowest BCUT2D eigenvalue weighted by Gasteiger charge is -2.32. The number of carbonyl (C=O) groups is 1. The number of benzene rings is 2. The zero-order chi connectivity index (χ0) is 19.7. The second-order valence-corrected chi connectivity index (χ2v) is 9.72. The Kier molecular flexibility index (Phi) is 5.25. The Balaban J connectivity index is 1.45. The molecule has 2 aliphatic rings. The minimum absolute atomic E-state index is 0.0728. The maximum absolute atomic E-state index is 13.1. The quantitative estimate of drug-likeness (QED) is 0.794. The van der Waals surface area contributed by atoms with Crippen molar-refractivity contribution in [3.05, 3.63) is 59.7 Å². The summed E-state index contributed by atoms with van der Waals surface area (Å²) < 4.78 is 27.9. The third-order valence-electron chi connectivity index (χ3n) is 5.97. The summed E-state index contributed by atoms with van der Waals surface area (Å²) in [4.78, 5) is 13.8. The molecule has 6 heteroatoms. The molecule has 0 aliphatic carbocycles. The van der Waals surface area contributed by atoms with Gasteiger partial charge in [-0.3, -0.25) is 4.79 Å². The van der Waals surface area contributed by atoms with Gasteiger partial charge in [0.15, 0.2) is 0 Å². The standard InChI is InChI=1S/C22H26N2O3S/c1-23-21-9-8-20(16-19(21)7-10-22(23)25)28(26,27)24-13-11-18(12-14-24)15-17-5-3-2-4-6-17/h2-6,8-9,16,18H,7,10-15H2,1H3. The molecule has 1 saturated heterocycles. The van der Waals surface area contributed by atoms with Crippen molar-refractivity contribution < 1.29 is 13.2 Å². The molecule has 2 heterocycles. The summed E-state index contributed by atoms with van der Waals surface area (Å²) in [6.45, 7) is 1.13. The molecular formula is C22H26N2O3S. The number of rotatable bonds is 4. The Bertz CT molecular complexity index is 965. The van der Waals surface area contributed by atoms with E-state index in [4.69, 9.17) is 0 Å². The Morgan fingerprint density at radius 3 is 2.43 bits per heavy atom. The van der Waals surface area contributed by atoms with Crippen molar-refractivity contribution in [3.63, 3.8) is 0 Å². The first kappa shape index (κ1) is 19.2. The van der Waals surface area contributed by atoms with Crippen LogP contribution in [0.25, 0.3) is 0 Å². The molecule has 1 fully saturated rings. The molecule has 0 unspecified atom stereocenters. The first-order valence-electron chi connectivity index (χ1n) is 9.89. The normalized spacial score (nSPS) is 18.9. The van der Waals surface area contributed by atoms with Gasteiger partial charge in [0.05, 0.1) is 4.90 Å². The average molecular weight is 399 g/mol. The van der Waals surface area contributed by atoms with E-state index in [1.54, 1.807) is 34.5 Å². The predicted molar refractivity (Wildman–Crippen MR) is 110 cm³/mol. The van der Waals surface area contributed by atoms with Crippen LogP contribution in [0.2, 0.25) is 0 Å². The highest BCUT2D eigenvalue weighted by molar-refractivity contribution is 7.89. The molecule has 0 bridgehead atoms. The Morgan fingerprint density at radius 2 is 1.71 bits per heavy atom. The SMILES string of the molecule is CN1C(=O)CCc2cc(S(=O)(=O)N3CCC(Cc4ccccc4)CC3)ccc21. The van der Waals surface area contributed by atoms with Crippen molar-refractivity contribution in [1.29, 1.82) is 0 Å². The molecule has 2 aromatic rings. The molecular weight excluding hydrogens is 372 g/mol. The van der Waals surface area contributed by atoms with Crippen molar-refractivity contribution >= 4 is 21.6 Å². The van der Waals surface area contributed by atoms with Gasteiger partial charge in [0.25, 0.3) is 0 Å². The van der Waals surface area contributed by atoms with E-state index in [1.807, 2.05) is 6.07 Å². The van der Waals surface area contributed by atoms with Crippen molar-refractivity contribution in [1.82, 2.24) is 4.31 Å². The van der Waals surface area contributed by atoms with Crippen LogP contribution in [0.1, 0.15) is 30.4 Å². The lowest BCUT2D eigenvalue weighted by molar-refractivity contribution is -0.118. The van der Waals surface area contributed by atoms with Crippen LogP contribution in [0.3, 0.4) is 0 Å². The Labute approximate surface area is 167 Å². The fourth-order valence-corrected chi connectivity index (χ4v) is 5.76. The van der Waals surface area contributed by atoms with Crippen LogP contribution in [0, 0.1) is 5.92 Å². The molecule has 0 atom stereocenters. The molecule has 0 aromatic heterocycles. The molecule has 0 saturated carbocycles. The molecule has 1 amide bonds. The summed E-state index contributed by atoms with van der Waals surface area (Å²) in [6.07, 6.45) is 3.81. The molecule has 2 aromatic carbocycles. The number of anilines is 1. The molecule has 0 radical (unpaired) electrons. The van der Waals surface area contributed by atoms with E-state index in [0.717, 1.165) is 30.5 Å². The minimum atomic E-state index is -3.49. The Hall–Kier alpha value is -2.18. The zero-order valence-electron chi connectivity index (χ0n) is 16.2. The third-order valence-corrected chi connectivity index (χ3v) is 7.87. The van der Waals surface area contributed by atoms with Gasteiger partial charge >= 0.3 is 0 Å². The lowest BCUT2D eigenvalue weighted by Crippen LogP contribution is -2.39. The predicted octanol–water partition coefficient (Wildman–Crippen LogP) is 3.24. The fourth-order valence-electron chi connectivity index (χ4n) is 4.24. The zero-order valence-corrected chi connectivity index (χ0v) is 17.0. The molecule has 2 aliphatic heterocycles. The van der Waals surface area contributed by atoms with E-state index in [1.165, 1.54) is 5.56 Å². The summed E-state index contributed by atoms with van der Waals surface area (Å²) in [7, 11) is -1.75. The number of nitrogens with zero attached hydrogens (tertiary/aromatic N) is 2. The average Bonchev–Trinajstić information content (AvgIpc) is 2.72.